The molecule has 2 aliphatic heterocycles. The number of benzene rings is 2. The molecule has 1 fully saturated rings. The van der Waals surface area contributed by atoms with E-state index in [1.807, 2.05) is 37.3 Å². The summed E-state index contributed by atoms with van der Waals surface area (Å²) in [6.45, 7) is 5.26. The summed E-state index contributed by atoms with van der Waals surface area (Å²) in [4.78, 5) is 26.9. The Kier molecular flexibility index (Phi) is 5.11. The minimum Gasteiger partial charge on any atom is -0.368 e. The molecule has 8 heteroatoms. The van der Waals surface area contributed by atoms with E-state index in [0.29, 0.717) is 16.7 Å². The van der Waals surface area contributed by atoms with Crippen LogP contribution in [0.2, 0.25) is 5.02 Å². The summed E-state index contributed by atoms with van der Waals surface area (Å²) in [6, 6.07) is 19.4. The Morgan fingerprint density at radius 3 is 2.35 bits per heavy atom. The largest absolute Gasteiger partial charge is 0.368 e. The van der Waals surface area contributed by atoms with E-state index in [0.717, 1.165) is 37.7 Å². The molecule has 1 atom stereocenters. The van der Waals surface area contributed by atoms with Gasteiger partial charge in [-0.25, -0.2) is 9.98 Å². The van der Waals surface area contributed by atoms with Gasteiger partial charge in [0.15, 0.2) is 6.17 Å². The molecule has 3 aromatic rings. The van der Waals surface area contributed by atoms with E-state index >= 15 is 0 Å². The van der Waals surface area contributed by atoms with Crippen molar-refractivity contribution in [2.75, 3.05) is 36.4 Å². The smallest absolute Gasteiger partial charge is 0.257 e. The number of nitrogens with zero attached hydrogens (tertiary/aromatic N) is 5. The van der Waals surface area contributed by atoms with Crippen LogP contribution < -0.4 is 15.8 Å². The number of hydrogen-bond acceptors (Lipinski definition) is 6. The zero-order valence-electron chi connectivity index (χ0n) is 17.2. The van der Waals surface area contributed by atoms with Gasteiger partial charge in [0.05, 0.1) is 0 Å². The summed E-state index contributed by atoms with van der Waals surface area (Å²) >= 11 is 6.08. The van der Waals surface area contributed by atoms with Crippen molar-refractivity contribution in [2.24, 2.45) is 4.99 Å². The summed E-state index contributed by atoms with van der Waals surface area (Å²) in [7, 11) is 0. The molecule has 1 aromatic heterocycles. The highest BCUT2D eigenvalue weighted by Gasteiger charge is 2.29. The van der Waals surface area contributed by atoms with E-state index < -0.39 is 6.17 Å². The van der Waals surface area contributed by atoms with Gasteiger partial charge in [-0.1, -0.05) is 41.9 Å². The molecule has 7 nitrogen and oxygen atoms in total. The highest BCUT2D eigenvalue weighted by atomic mass is 35.5. The number of rotatable bonds is 2. The van der Waals surface area contributed by atoms with Gasteiger partial charge in [0.2, 0.25) is 11.9 Å². The van der Waals surface area contributed by atoms with E-state index in [-0.39, 0.29) is 5.56 Å². The topological polar surface area (TPSA) is 65.8 Å². The van der Waals surface area contributed by atoms with Gasteiger partial charge in [-0.2, -0.15) is 0 Å². The van der Waals surface area contributed by atoms with Gasteiger partial charge in [-0.05, 0) is 36.8 Å². The Labute approximate surface area is 185 Å². The third-order valence-corrected chi connectivity index (χ3v) is 5.91. The number of nitrogens with one attached hydrogen (secondary N) is 1. The Morgan fingerprint density at radius 1 is 0.968 bits per heavy atom. The second kappa shape index (κ2) is 8.07. The van der Waals surface area contributed by atoms with E-state index in [1.165, 1.54) is 11.8 Å². The monoisotopic (exact) mass is 434 g/mol. The number of guanidine groups is 1. The van der Waals surface area contributed by atoms with Crippen molar-refractivity contribution in [2.45, 2.75) is 13.1 Å². The highest BCUT2D eigenvalue weighted by molar-refractivity contribution is 6.30. The molecule has 0 aliphatic carbocycles. The van der Waals surface area contributed by atoms with Crippen molar-refractivity contribution in [3.05, 3.63) is 87.3 Å². The summed E-state index contributed by atoms with van der Waals surface area (Å²) in [5.74, 6) is 1.26. The number of anilines is 2. The average molecular weight is 435 g/mol. The van der Waals surface area contributed by atoms with Crippen molar-refractivity contribution in [3.63, 3.8) is 0 Å². The van der Waals surface area contributed by atoms with Crippen LogP contribution >= 0.6 is 11.6 Å². The van der Waals surface area contributed by atoms with Crippen LogP contribution in [-0.4, -0.2) is 46.6 Å². The van der Waals surface area contributed by atoms with E-state index in [9.17, 15) is 4.79 Å². The molecule has 158 valence electrons. The summed E-state index contributed by atoms with van der Waals surface area (Å²) in [5, 5.41) is 3.94. The maximum Gasteiger partial charge on any atom is 0.257 e. The SMILES string of the molecule is Cc1cc(=O)n2c(n1)NC(N1CCN(c3ccccc3)CC1)=N[C@@H]2c1ccc(Cl)cc1. The van der Waals surface area contributed by atoms with Gasteiger partial charge in [-0.15, -0.1) is 0 Å². The third kappa shape index (κ3) is 3.88. The molecule has 0 unspecified atom stereocenters. The first kappa shape index (κ1) is 19.6. The normalized spacial score (nSPS) is 18.3. The number of fused-ring (bicyclic) bond motifs is 1. The molecule has 1 N–H and O–H groups in total. The van der Waals surface area contributed by atoms with E-state index in [2.05, 4.69) is 44.4 Å². The third-order valence-electron chi connectivity index (χ3n) is 5.66. The van der Waals surface area contributed by atoms with Gasteiger partial charge in [0, 0.05) is 48.6 Å². The Hall–Kier alpha value is -3.32. The van der Waals surface area contributed by atoms with Crippen LogP contribution in [0.25, 0.3) is 0 Å². The van der Waals surface area contributed by atoms with Crippen molar-refractivity contribution >= 4 is 29.2 Å². The fourth-order valence-electron chi connectivity index (χ4n) is 4.07. The van der Waals surface area contributed by atoms with Crippen molar-refractivity contribution in [1.29, 1.82) is 0 Å². The minimum atomic E-state index is -0.490. The van der Waals surface area contributed by atoms with Crippen molar-refractivity contribution in [1.82, 2.24) is 14.5 Å². The standard InChI is InChI=1S/C23H23ClN6O/c1-16-15-20(31)30-21(17-7-9-18(24)10-8-17)26-22(27-23(30)25-16)29-13-11-28(12-14-29)19-5-3-2-4-6-19/h2-10,15,21H,11-14H2,1H3,(H,25,26,27)/t21-/m0/s1. The molecule has 1 saturated heterocycles. The van der Waals surface area contributed by atoms with Gasteiger partial charge < -0.3 is 9.80 Å². The first-order valence-corrected chi connectivity index (χ1v) is 10.7. The molecule has 0 bridgehead atoms. The second-order valence-corrected chi connectivity index (χ2v) is 8.18. The van der Waals surface area contributed by atoms with Crippen LogP contribution in [0.15, 0.2) is 70.5 Å². The van der Waals surface area contributed by atoms with Crippen LogP contribution in [0.4, 0.5) is 11.6 Å². The number of para-hydroxylation sites is 1. The average Bonchev–Trinajstić information content (AvgIpc) is 2.79. The minimum absolute atomic E-state index is 0.133. The van der Waals surface area contributed by atoms with Crippen LogP contribution in [0.5, 0.6) is 0 Å². The van der Waals surface area contributed by atoms with Gasteiger partial charge in [0.1, 0.15) is 0 Å². The van der Waals surface area contributed by atoms with E-state index in [1.54, 1.807) is 4.57 Å². The maximum atomic E-state index is 12.8. The van der Waals surface area contributed by atoms with Crippen molar-refractivity contribution < 1.29 is 0 Å². The molecule has 2 aromatic carbocycles. The number of halogens is 1. The van der Waals surface area contributed by atoms with Crippen LogP contribution in [0.1, 0.15) is 17.4 Å². The quantitative estimate of drug-likeness (QED) is 0.670. The molecule has 0 amide bonds. The van der Waals surface area contributed by atoms with E-state index in [4.69, 9.17) is 16.6 Å². The number of aliphatic imine (C=N–C) groups is 1. The Morgan fingerprint density at radius 2 is 1.65 bits per heavy atom. The second-order valence-electron chi connectivity index (χ2n) is 7.74. The molecular formula is C23H23ClN6O. The highest BCUT2D eigenvalue weighted by Crippen LogP contribution is 2.27. The fourth-order valence-corrected chi connectivity index (χ4v) is 4.20. The lowest BCUT2D eigenvalue weighted by Crippen LogP contribution is -2.52. The summed E-state index contributed by atoms with van der Waals surface area (Å²) in [5.41, 5.74) is 2.66. The lowest BCUT2D eigenvalue weighted by molar-refractivity contribution is 0.376. The van der Waals surface area contributed by atoms with Gasteiger partial charge in [-0.3, -0.25) is 14.7 Å². The van der Waals surface area contributed by atoms with Crippen molar-refractivity contribution in [3.8, 4) is 0 Å². The summed E-state index contributed by atoms with van der Waals surface area (Å²) in [6.07, 6.45) is -0.490. The zero-order chi connectivity index (χ0) is 21.4. The first-order chi connectivity index (χ1) is 15.1. The maximum absolute atomic E-state index is 12.8. The Balaban J connectivity index is 1.45. The van der Waals surface area contributed by atoms with Crippen LogP contribution in [0.3, 0.4) is 0 Å². The lowest BCUT2D eigenvalue weighted by atomic mass is 10.1. The van der Waals surface area contributed by atoms with Crippen LogP contribution in [0, 0.1) is 6.92 Å². The number of hydrogen-bond donors (Lipinski definition) is 1. The molecule has 0 radical (unpaired) electrons. The number of piperazine rings is 1. The summed E-state index contributed by atoms with van der Waals surface area (Å²) < 4.78 is 1.60. The molecule has 0 saturated carbocycles. The van der Waals surface area contributed by atoms with Gasteiger partial charge >= 0.3 is 0 Å². The predicted molar refractivity (Wildman–Crippen MR) is 124 cm³/mol. The number of aryl methyl sites for hydroxylation is 1. The first-order valence-electron chi connectivity index (χ1n) is 10.3. The fraction of sp³-hybridized carbons (Fsp3) is 0.261. The molecule has 0 spiro atoms. The zero-order valence-corrected chi connectivity index (χ0v) is 18.0. The molecular weight excluding hydrogens is 412 g/mol. The van der Waals surface area contributed by atoms with Crippen LogP contribution in [-0.2, 0) is 0 Å². The predicted octanol–water partition coefficient (Wildman–Crippen LogP) is 3.36. The lowest BCUT2D eigenvalue weighted by Gasteiger charge is -2.39. The molecule has 5 rings (SSSR count). The molecule has 31 heavy (non-hydrogen) atoms. The molecule has 2 aliphatic rings. The Bertz CT molecular complexity index is 1170. The molecule has 3 heterocycles. The van der Waals surface area contributed by atoms with Gasteiger partial charge in [0.25, 0.3) is 5.56 Å². The number of aromatic nitrogens is 2.